The summed E-state index contributed by atoms with van der Waals surface area (Å²) in [5.74, 6) is 0.682. The summed E-state index contributed by atoms with van der Waals surface area (Å²) in [7, 11) is 0. The lowest BCUT2D eigenvalue weighted by atomic mass is 9.56. The third-order valence-corrected chi connectivity index (χ3v) is 13.3. The lowest BCUT2D eigenvalue weighted by molar-refractivity contribution is -0.126. The Hall–Kier alpha value is -6.16. The predicted molar refractivity (Wildman–Crippen MR) is 245 cm³/mol. The summed E-state index contributed by atoms with van der Waals surface area (Å²) in [5, 5.41) is 5.32. The topological polar surface area (TPSA) is 163 Å². The zero-order valence-corrected chi connectivity index (χ0v) is 37.1. The molecule has 324 valence electrons. The Morgan fingerprint density at radius 2 is 1.15 bits per heavy atom. The van der Waals surface area contributed by atoms with Crippen LogP contribution in [0.2, 0.25) is 0 Å². The molecule has 4 amide bonds. The highest BCUT2D eigenvalue weighted by molar-refractivity contribution is 6.38. The third-order valence-electron chi connectivity index (χ3n) is 13.3. The number of nitrogen functional groups attached to an aromatic ring is 2. The third kappa shape index (κ3) is 8.65. The second-order valence-electron chi connectivity index (χ2n) is 18.0. The Labute approximate surface area is 365 Å². The minimum Gasteiger partial charge on any atom is -0.457 e. The van der Waals surface area contributed by atoms with E-state index in [2.05, 4.69) is 38.3 Å². The van der Waals surface area contributed by atoms with Crippen LogP contribution >= 0.6 is 0 Å². The number of rotatable bonds is 15. The maximum atomic E-state index is 14.4. The molecule has 0 radical (unpaired) electrons. The highest BCUT2D eigenvalue weighted by Crippen LogP contribution is 2.57. The van der Waals surface area contributed by atoms with Crippen molar-refractivity contribution in [1.29, 1.82) is 0 Å². The van der Waals surface area contributed by atoms with E-state index in [9.17, 15) is 19.2 Å². The van der Waals surface area contributed by atoms with Crippen LogP contribution in [0, 0.1) is 37.0 Å². The fourth-order valence-corrected chi connectivity index (χ4v) is 9.64. The number of ether oxygens (including phenoxy) is 2. The summed E-state index contributed by atoms with van der Waals surface area (Å²) in [5.41, 5.74) is 18.2. The van der Waals surface area contributed by atoms with Gasteiger partial charge in [-0.1, -0.05) is 47.5 Å². The van der Waals surface area contributed by atoms with E-state index in [-0.39, 0.29) is 11.8 Å². The van der Waals surface area contributed by atoms with Crippen molar-refractivity contribution in [2.45, 2.75) is 106 Å². The molecule has 7 rings (SSSR count). The minimum absolute atomic E-state index is 0.207. The van der Waals surface area contributed by atoms with Crippen molar-refractivity contribution in [3.63, 3.8) is 0 Å². The van der Waals surface area contributed by atoms with Crippen LogP contribution in [-0.2, 0) is 32.0 Å². The molecule has 3 aliphatic rings. The summed E-state index contributed by atoms with van der Waals surface area (Å²) in [6.45, 7) is 14.5. The molecular formula is C52H60N4O6. The summed E-state index contributed by atoms with van der Waals surface area (Å²) in [6, 6.07) is 22.3. The maximum Gasteiger partial charge on any atom is 0.259 e. The number of amides is 4. The van der Waals surface area contributed by atoms with E-state index in [0.717, 1.165) is 54.4 Å². The predicted octanol–water partition coefficient (Wildman–Crippen LogP) is 10.3. The van der Waals surface area contributed by atoms with Gasteiger partial charge in [-0.15, -0.1) is 0 Å². The lowest BCUT2D eigenvalue weighted by Gasteiger charge is -2.46. The standard InChI is InChI=1S/C52H60N4O6/c1-8-10-12-33-26-39(30(5)24-42(33)61-37-18-14-35(53)15-19-37)44-46(50(59)55-48(44)57)41-28-32(29(3)4)22-23-52(41,7)47-45(49(58)56-51(47)60)40-27-34(13-11-9-2)43(25-31(40)6)62-38-20-16-36(54)17-21-38/h14-21,24-27,29,32,41H,8-13,22-23,28,53-54H2,1-7H3,(H,55,57,59)(H,56,58,60). The highest BCUT2D eigenvalue weighted by Gasteiger charge is 2.54. The minimum atomic E-state index is -0.994. The summed E-state index contributed by atoms with van der Waals surface area (Å²) in [6.07, 6.45) is 6.96. The first-order valence-electron chi connectivity index (χ1n) is 22.2. The number of aryl methyl sites for hydroxylation is 4. The second kappa shape index (κ2) is 18.1. The van der Waals surface area contributed by atoms with Crippen LogP contribution in [-0.4, -0.2) is 23.6 Å². The zero-order chi connectivity index (χ0) is 44.5. The molecule has 62 heavy (non-hydrogen) atoms. The Balaban J connectivity index is 1.40. The van der Waals surface area contributed by atoms with Gasteiger partial charge < -0.3 is 20.9 Å². The van der Waals surface area contributed by atoms with Crippen LogP contribution in [0.15, 0.2) is 83.9 Å². The van der Waals surface area contributed by atoms with E-state index in [1.165, 1.54) is 0 Å². The van der Waals surface area contributed by atoms with E-state index in [0.29, 0.717) is 93.5 Å². The number of nitrogens with two attached hydrogens (primary N) is 2. The molecule has 6 N–H and O–H groups in total. The molecule has 3 unspecified atom stereocenters. The first-order chi connectivity index (χ1) is 29.6. The Morgan fingerprint density at radius 1 is 0.677 bits per heavy atom. The van der Waals surface area contributed by atoms with E-state index >= 15 is 0 Å². The summed E-state index contributed by atoms with van der Waals surface area (Å²) >= 11 is 0. The summed E-state index contributed by atoms with van der Waals surface area (Å²) < 4.78 is 12.8. The van der Waals surface area contributed by atoms with Crippen molar-refractivity contribution in [3.05, 3.63) is 117 Å². The number of hydrogen-bond acceptors (Lipinski definition) is 8. The molecule has 10 nitrogen and oxygen atoms in total. The van der Waals surface area contributed by atoms with E-state index in [1.54, 1.807) is 24.3 Å². The molecule has 1 saturated carbocycles. The molecular weight excluding hydrogens is 777 g/mol. The molecule has 2 heterocycles. The number of unbranched alkanes of at least 4 members (excludes halogenated alkanes) is 2. The second-order valence-corrected chi connectivity index (χ2v) is 18.0. The van der Waals surface area contributed by atoms with Crippen molar-refractivity contribution in [2.75, 3.05) is 11.5 Å². The number of nitrogens with one attached hydrogen (secondary N) is 2. The SMILES string of the molecule is CCCCc1cc(C2=C(C3CC(C(C)C)CCC3(C)C3=C(c4cc(CCCC)c(Oc5ccc(N)cc5)cc4C)C(=O)NC3=O)C(=O)NC2=O)c(C)cc1Oc1ccc(N)cc1. The average molecular weight is 837 g/mol. The van der Waals surface area contributed by atoms with Crippen LogP contribution in [0.1, 0.15) is 113 Å². The normalized spacial score (nSPS) is 20.3. The van der Waals surface area contributed by atoms with Gasteiger partial charge in [0.1, 0.15) is 23.0 Å². The van der Waals surface area contributed by atoms with Gasteiger partial charge in [0, 0.05) is 33.9 Å². The quantitative estimate of drug-likeness (QED) is 0.0679. The number of hydrogen-bond donors (Lipinski definition) is 4. The molecule has 3 atom stereocenters. The Bertz CT molecular complexity index is 2480. The summed E-state index contributed by atoms with van der Waals surface area (Å²) in [4.78, 5) is 57.3. The molecule has 1 fully saturated rings. The van der Waals surface area contributed by atoms with Gasteiger partial charge in [0.25, 0.3) is 23.6 Å². The van der Waals surface area contributed by atoms with Crippen LogP contribution in [0.25, 0.3) is 11.1 Å². The van der Waals surface area contributed by atoms with Gasteiger partial charge in [-0.2, -0.15) is 0 Å². The van der Waals surface area contributed by atoms with Crippen LogP contribution in [0.5, 0.6) is 23.0 Å². The number of carbonyl (C=O) groups is 4. The van der Waals surface area contributed by atoms with Crippen molar-refractivity contribution < 1.29 is 28.7 Å². The van der Waals surface area contributed by atoms with Crippen molar-refractivity contribution in [1.82, 2.24) is 10.6 Å². The lowest BCUT2D eigenvalue weighted by Crippen LogP contribution is -2.42. The van der Waals surface area contributed by atoms with Gasteiger partial charge in [0.05, 0.1) is 11.1 Å². The number of carbonyl (C=O) groups excluding carboxylic acids is 4. The molecule has 10 heteroatoms. The average Bonchev–Trinajstić information content (AvgIpc) is 3.70. The maximum absolute atomic E-state index is 14.4. The van der Waals surface area contributed by atoms with E-state index in [4.69, 9.17) is 20.9 Å². The van der Waals surface area contributed by atoms with Crippen molar-refractivity contribution in [3.8, 4) is 23.0 Å². The van der Waals surface area contributed by atoms with Gasteiger partial charge in [-0.3, -0.25) is 29.8 Å². The molecule has 0 saturated heterocycles. The van der Waals surface area contributed by atoms with Crippen molar-refractivity contribution >= 4 is 46.1 Å². The van der Waals surface area contributed by atoms with Gasteiger partial charge in [-0.05, 0) is 177 Å². The number of anilines is 2. The molecule has 0 bridgehead atoms. The Morgan fingerprint density at radius 3 is 1.63 bits per heavy atom. The van der Waals surface area contributed by atoms with E-state index < -0.39 is 35.0 Å². The van der Waals surface area contributed by atoms with Gasteiger partial charge in [0.15, 0.2) is 0 Å². The first-order valence-corrected chi connectivity index (χ1v) is 22.2. The molecule has 4 aromatic carbocycles. The van der Waals surface area contributed by atoms with Gasteiger partial charge in [0.2, 0.25) is 0 Å². The van der Waals surface area contributed by atoms with Crippen LogP contribution < -0.4 is 31.6 Å². The van der Waals surface area contributed by atoms with Crippen LogP contribution in [0.3, 0.4) is 0 Å². The number of benzene rings is 4. The Kier molecular flexibility index (Phi) is 12.8. The highest BCUT2D eigenvalue weighted by atomic mass is 16.5. The molecule has 4 aromatic rings. The zero-order valence-electron chi connectivity index (χ0n) is 37.1. The first kappa shape index (κ1) is 43.9. The van der Waals surface area contributed by atoms with E-state index in [1.807, 2.05) is 69.3 Å². The fourth-order valence-electron chi connectivity index (χ4n) is 9.64. The molecule has 0 spiro atoms. The monoisotopic (exact) mass is 836 g/mol. The fraction of sp³-hybridized carbons (Fsp3) is 0.385. The largest absolute Gasteiger partial charge is 0.457 e. The molecule has 1 aliphatic carbocycles. The number of imide groups is 2. The molecule has 0 aromatic heterocycles. The molecule has 2 aliphatic heterocycles. The van der Waals surface area contributed by atoms with Gasteiger partial charge >= 0.3 is 0 Å². The smallest absolute Gasteiger partial charge is 0.259 e. The van der Waals surface area contributed by atoms with Crippen molar-refractivity contribution in [2.24, 2.45) is 23.2 Å². The van der Waals surface area contributed by atoms with Crippen LogP contribution in [0.4, 0.5) is 11.4 Å². The van der Waals surface area contributed by atoms with Gasteiger partial charge in [-0.25, -0.2) is 0 Å².